The molecule has 0 saturated carbocycles. The molecule has 3 amide bonds. The molecule has 0 bridgehead atoms. The van der Waals surface area contributed by atoms with E-state index in [0.29, 0.717) is 0 Å². The summed E-state index contributed by atoms with van der Waals surface area (Å²) in [5, 5.41) is 7.36. The number of halogens is 2. The Balaban J connectivity index is 1.89. The first-order chi connectivity index (χ1) is 11.6. The maximum absolute atomic E-state index is 13.2. The number of benzene rings is 1. The minimum absolute atomic E-state index is 0.0607. The van der Waals surface area contributed by atoms with Crippen LogP contribution in [-0.4, -0.2) is 44.4 Å². The number of nitrogens with one attached hydrogen (secondary N) is 2. The normalized spacial score (nSPS) is 22.6. The summed E-state index contributed by atoms with van der Waals surface area (Å²) in [4.78, 5) is 37.2. The molecule has 2 heterocycles. The molecule has 2 fully saturated rings. The lowest BCUT2D eigenvalue weighted by atomic mass is 10.00. The Morgan fingerprint density at radius 1 is 1.44 bits per heavy atom. The average molecular weight is 385 g/mol. The van der Waals surface area contributed by atoms with Gasteiger partial charge in [-0.15, -0.1) is 0 Å². The third-order valence-corrected chi connectivity index (χ3v) is 4.71. The summed E-state index contributed by atoms with van der Waals surface area (Å²) in [5.41, 5.74) is -0.874. The van der Waals surface area contributed by atoms with E-state index >= 15 is 0 Å². The largest absolute Gasteiger partial charge is 0.325 e. The van der Waals surface area contributed by atoms with Crippen LogP contribution in [0.25, 0.3) is 0 Å². The number of carbonyl (C=O) groups excluding carboxylic acids is 3. The summed E-state index contributed by atoms with van der Waals surface area (Å²) in [5.74, 6) is -1.94. The summed E-state index contributed by atoms with van der Waals surface area (Å²) in [7, 11) is 0. The molecule has 0 aromatic heterocycles. The Morgan fingerprint density at radius 3 is 2.76 bits per heavy atom. The highest BCUT2D eigenvalue weighted by molar-refractivity contribution is 7.80. The topological polar surface area (TPSA) is 81.8 Å². The van der Waals surface area contributed by atoms with Gasteiger partial charge < -0.3 is 5.32 Å². The number of nitrogens with zero attached hydrogens (tertiary/aromatic N) is 2. The lowest BCUT2D eigenvalue weighted by Crippen LogP contribution is -2.71. The van der Waals surface area contributed by atoms with Gasteiger partial charge in [-0.1, -0.05) is 11.6 Å². The van der Waals surface area contributed by atoms with E-state index in [1.54, 1.807) is 13.8 Å². The van der Waals surface area contributed by atoms with E-state index in [2.05, 4.69) is 10.6 Å². The number of fused-ring (bicyclic) bond motifs is 1. The zero-order chi connectivity index (χ0) is 18.5. The number of hydrogen-bond donors (Lipinski definition) is 2. The van der Waals surface area contributed by atoms with Crippen molar-refractivity contribution < 1.29 is 18.8 Å². The summed E-state index contributed by atoms with van der Waals surface area (Å²) in [6.45, 7) is 3.18. The Morgan fingerprint density at radius 2 is 2.12 bits per heavy atom. The van der Waals surface area contributed by atoms with Gasteiger partial charge in [0.1, 0.15) is 17.4 Å². The zero-order valence-electron chi connectivity index (χ0n) is 13.3. The van der Waals surface area contributed by atoms with Gasteiger partial charge in [0.05, 0.1) is 11.4 Å². The van der Waals surface area contributed by atoms with Gasteiger partial charge in [0.15, 0.2) is 5.11 Å². The molecule has 0 unspecified atom stereocenters. The van der Waals surface area contributed by atoms with Gasteiger partial charge in [-0.25, -0.2) is 9.40 Å². The van der Waals surface area contributed by atoms with Crippen molar-refractivity contribution in [3.63, 3.8) is 0 Å². The highest BCUT2D eigenvalue weighted by Gasteiger charge is 2.56. The van der Waals surface area contributed by atoms with Crippen molar-refractivity contribution in [3.8, 4) is 0 Å². The number of anilines is 1. The fourth-order valence-corrected chi connectivity index (χ4v) is 3.32. The van der Waals surface area contributed by atoms with Crippen LogP contribution in [-0.2, 0) is 14.4 Å². The first-order valence-corrected chi connectivity index (χ1v) is 8.15. The molecule has 1 aromatic carbocycles. The Labute approximate surface area is 153 Å². The van der Waals surface area contributed by atoms with E-state index in [1.165, 1.54) is 17.1 Å². The van der Waals surface area contributed by atoms with E-state index in [1.807, 2.05) is 0 Å². The number of thiocarbonyl (C=S) groups is 1. The molecule has 10 heteroatoms. The Hall–Kier alpha value is -2.10. The first kappa shape index (κ1) is 17.7. The minimum atomic E-state index is -1.16. The second-order valence-electron chi connectivity index (χ2n) is 6.21. The SMILES string of the molecule is CC1(C)C(=O)NC(=S)N2C(=O)C[C@H](C(=O)Nc3ccc(F)c(Cl)c3)N21. The molecule has 1 aromatic rings. The molecular weight excluding hydrogens is 371 g/mol. The second kappa shape index (κ2) is 6.01. The lowest BCUT2D eigenvalue weighted by molar-refractivity contribution is -0.154. The van der Waals surface area contributed by atoms with E-state index in [0.717, 1.165) is 11.1 Å². The molecule has 2 aliphatic rings. The van der Waals surface area contributed by atoms with E-state index < -0.39 is 35.1 Å². The molecule has 2 aliphatic heterocycles. The van der Waals surface area contributed by atoms with Crippen molar-refractivity contribution in [2.75, 3.05) is 5.32 Å². The maximum atomic E-state index is 13.2. The Kier molecular flexibility index (Phi) is 4.26. The number of hydrazine groups is 1. The molecule has 1 atom stereocenters. The number of rotatable bonds is 2. The molecule has 2 N–H and O–H groups in total. The Bertz CT molecular complexity index is 816. The van der Waals surface area contributed by atoms with Crippen molar-refractivity contribution in [2.24, 2.45) is 0 Å². The molecule has 0 spiro atoms. The van der Waals surface area contributed by atoms with Crippen molar-refractivity contribution in [1.82, 2.24) is 15.3 Å². The smallest absolute Gasteiger partial charge is 0.248 e. The van der Waals surface area contributed by atoms with E-state index in [-0.39, 0.29) is 22.2 Å². The molecule has 0 aliphatic carbocycles. The van der Waals surface area contributed by atoms with E-state index in [4.69, 9.17) is 23.8 Å². The zero-order valence-corrected chi connectivity index (χ0v) is 14.9. The number of hydrogen-bond acceptors (Lipinski definition) is 5. The van der Waals surface area contributed by atoms with Crippen molar-refractivity contribution in [3.05, 3.63) is 29.0 Å². The fraction of sp³-hybridized carbons (Fsp3) is 0.333. The van der Waals surface area contributed by atoms with Gasteiger partial charge in [0, 0.05) is 5.69 Å². The minimum Gasteiger partial charge on any atom is -0.325 e. The third kappa shape index (κ3) is 2.88. The standard InChI is InChI=1S/C15H14ClFN4O3S/c1-15(2)13(24)19-14(25)20-11(22)6-10(21(15)20)12(23)18-7-3-4-9(17)8(16)5-7/h3-5,10H,6H2,1-2H3,(H,18,23)(H,19,24,25)/t10-/m1/s1. The molecule has 25 heavy (non-hydrogen) atoms. The van der Waals surface area contributed by atoms with Gasteiger partial charge in [0.25, 0.3) is 0 Å². The lowest BCUT2D eigenvalue weighted by Gasteiger charge is -2.45. The molecular formula is C15H14ClFN4O3S. The number of amides is 3. The summed E-state index contributed by atoms with van der Waals surface area (Å²) < 4.78 is 13.2. The molecule has 7 nitrogen and oxygen atoms in total. The second-order valence-corrected chi connectivity index (χ2v) is 7.00. The van der Waals surface area contributed by atoms with Crippen LogP contribution in [0.2, 0.25) is 5.02 Å². The quantitative estimate of drug-likeness (QED) is 0.754. The van der Waals surface area contributed by atoms with Crippen LogP contribution in [0.5, 0.6) is 0 Å². The maximum Gasteiger partial charge on any atom is 0.248 e. The van der Waals surface area contributed by atoms with Crippen LogP contribution < -0.4 is 10.6 Å². The molecule has 132 valence electrons. The first-order valence-electron chi connectivity index (χ1n) is 7.36. The van der Waals surface area contributed by atoms with Crippen LogP contribution in [0.1, 0.15) is 20.3 Å². The third-order valence-electron chi connectivity index (χ3n) is 4.15. The van der Waals surface area contributed by atoms with Crippen LogP contribution in [0, 0.1) is 5.82 Å². The van der Waals surface area contributed by atoms with Crippen molar-refractivity contribution >= 4 is 52.3 Å². The predicted molar refractivity (Wildman–Crippen MR) is 91.9 cm³/mol. The fourth-order valence-electron chi connectivity index (χ4n) is 2.86. The van der Waals surface area contributed by atoms with Crippen LogP contribution in [0.15, 0.2) is 18.2 Å². The van der Waals surface area contributed by atoms with Crippen molar-refractivity contribution in [2.45, 2.75) is 31.8 Å². The highest BCUT2D eigenvalue weighted by atomic mass is 35.5. The number of carbonyl (C=O) groups is 3. The van der Waals surface area contributed by atoms with Gasteiger partial charge >= 0.3 is 0 Å². The molecule has 3 rings (SSSR count). The van der Waals surface area contributed by atoms with Gasteiger partial charge in [-0.3, -0.25) is 19.7 Å². The predicted octanol–water partition coefficient (Wildman–Crippen LogP) is 1.43. The van der Waals surface area contributed by atoms with Crippen LogP contribution >= 0.6 is 23.8 Å². The highest BCUT2D eigenvalue weighted by Crippen LogP contribution is 2.33. The van der Waals surface area contributed by atoms with Crippen LogP contribution in [0.3, 0.4) is 0 Å². The van der Waals surface area contributed by atoms with Crippen LogP contribution in [0.4, 0.5) is 10.1 Å². The summed E-state index contributed by atoms with van der Waals surface area (Å²) in [6.07, 6.45) is -0.140. The summed E-state index contributed by atoms with van der Waals surface area (Å²) in [6, 6.07) is 2.81. The van der Waals surface area contributed by atoms with Gasteiger partial charge in [-0.2, -0.15) is 5.01 Å². The monoisotopic (exact) mass is 384 g/mol. The molecule has 0 radical (unpaired) electrons. The van der Waals surface area contributed by atoms with Crippen molar-refractivity contribution in [1.29, 1.82) is 0 Å². The average Bonchev–Trinajstić information content (AvgIpc) is 2.88. The van der Waals surface area contributed by atoms with E-state index in [9.17, 15) is 18.8 Å². The van der Waals surface area contributed by atoms with Gasteiger partial charge in [-0.05, 0) is 44.3 Å². The summed E-state index contributed by atoms with van der Waals surface area (Å²) >= 11 is 10.7. The van der Waals surface area contributed by atoms with Gasteiger partial charge in [0.2, 0.25) is 17.7 Å². The molecule has 2 saturated heterocycles.